The van der Waals surface area contributed by atoms with Crippen LogP contribution in [0.15, 0.2) is 72.9 Å². The van der Waals surface area contributed by atoms with Crippen LogP contribution in [0.1, 0.15) is 250 Å². The number of fused-ring (bicyclic) bond motifs is 1. The van der Waals surface area contributed by atoms with Gasteiger partial charge < -0.3 is 43.0 Å². The van der Waals surface area contributed by atoms with E-state index in [1.165, 1.54) is 96.8 Å². The van der Waals surface area contributed by atoms with Gasteiger partial charge in [0.1, 0.15) is 40.5 Å². The van der Waals surface area contributed by atoms with Gasteiger partial charge in [-0.2, -0.15) is 0 Å². The largest absolute Gasteiger partial charge is 0.463 e. The number of aliphatic hydroxyl groups is 1. The van der Waals surface area contributed by atoms with E-state index in [2.05, 4.69) is 65.0 Å². The summed E-state index contributed by atoms with van der Waals surface area (Å²) in [6.07, 6.45) is 29.1. The molecule has 93 heavy (non-hydrogen) atoms. The van der Waals surface area contributed by atoms with E-state index >= 15 is 0 Å². The van der Waals surface area contributed by atoms with E-state index < -0.39 is 35.2 Å². The predicted molar refractivity (Wildman–Crippen MR) is 354 cm³/mol. The van der Waals surface area contributed by atoms with E-state index in [9.17, 15) is 43.5 Å². The van der Waals surface area contributed by atoms with Gasteiger partial charge in [0.05, 0.1) is 12.2 Å². The van der Waals surface area contributed by atoms with Crippen LogP contribution in [-0.4, -0.2) is 106 Å². The van der Waals surface area contributed by atoms with E-state index in [1.54, 1.807) is 34.6 Å². The van der Waals surface area contributed by atoms with Crippen LogP contribution in [0.4, 0.5) is 0 Å². The highest BCUT2D eigenvalue weighted by Gasteiger charge is 2.64. The van der Waals surface area contributed by atoms with Gasteiger partial charge in [0.25, 0.3) is 0 Å². The van der Waals surface area contributed by atoms with E-state index in [1.807, 2.05) is 0 Å². The van der Waals surface area contributed by atoms with Gasteiger partial charge in [-0.25, -0.2) is 33.6 Å². The molecule has 520 valence electrons. The molecule has 0 spiro atoms. The first-order chi connectivity index (χ1) is 43.3. The average molecular weight is 1300 g/mol. The lowest BCUT2D eigenvalue weighted by molar-refractivity contribution is -0.217. The van der Waals surface area contributed by atoms with Crippen molar-refractivity contribution >= 4 is 47.8 Å². The first kappa shape index (κ1) is 76.2. The van der Waals surface area contributed by atoms with Crippen molar-refractivity contribution < 1.29 is 81.4 Å². The van der Waals surface area contributed by atoms with Crippen molar-refractivity contribution in [1.29, 1.82) is 0 Å². The lowest BCUT2D eigenvalue weighted by Gasteiger charge is -2.59. The summed E-state index contributed by atoms with van der Waals surface area (Å²) in [5.74, 6) is 1.94. The molecule has 2 aliphatic heterocycles. The Kier molecular flexibility index (Phi) is 26.4. The number of cyclic esters (lactones) is 1. The topological polar surface area (TPSA) is 231 Å². The molecular weight excluding hydrogens is 1180 g/mol. The summed E-state index contributed by atoms with van der Waals surface area (Å²) in [6.45, 7) is 38.2. The smallest absolute Gasteiger partial charge is 0.347 e. The number of hydrogen-bond acceptors (Lipinski definition) is 17. The molecule has 12 saturated carbocycles. The normalized spacial score (nSPS) is 34.0. The third kappa shape index (κ3) is 19.2. The fourth-order valence-corrected chi connectivity index (χ4v) is 17.6. The van der Waals surface area contributed by atoms with E-state index in [4.69, 9.17) is 33.2 Å². The van der Waals surface area contributed by atoms with E-state index in [-0.39, 0.29) is 83.7 Å². The molecule has 14 aliphatic rings. The zero-order valence-electron chi connectivity index (χ0n) is 57.2. The lowest BCUT2D eigenvalue weighted by Crippen LogP contribution is -2.60. The van der Waals surface area contributed by atoms with Gasteiger partial charge in [-0.3, -0.25) is 4.79 Å². The molecule has 14 rings (SSSR count). The summed E-state index contributed by atoms with van der Waals surface area (Å²) in [7, 11) is 0. The Morgan fingerprint density at radius 1 is 0.505 bits per heavy atom. The minimum Gasteiger partial charge on any atom is -0.463 e. The first-order valence-electron chi connectivity index (χ1n) is 34.6. The lowest BCUT2D eigenvalue weighted by atomic mass is 9.50. The van der Waals surface area contributed by atoms with E-state index in [0.717, 1.165) is 88.9 Å². The van der Waals surface area contributed by atoms with Gasteiger partial charge in [0.15, 0.2) is 0 Å². The van der Waals surface area contributed by atoms with Crippen molar-refractivity contribution in [3.8, 4) is 0 Å². The van der Waals surface area contributed by atoms with Crippen LogP contribution >= 0.6 is 0 Å². The maximum Gasteiger partial charge on any atom is 0.347 e. The maximum atomic E-state index is 11.8. The Labute approximate surface area is 555 Å². The highest BCUT2D eigenvalue weighted by molar-refractivity contribution is 5.91. The Morgan fingerprint density at radius 2 is 0.914 bits per heavy atom. The molecule has 17 heteroatoms. The van der Waals surface area contributed by atoms with Crippen LogP contribution < -0.4 is 0 Å². The Hall–Kier alpha value is -5.84. The van der Waals surface area contributed by atoms with Gasteiger partial charge >= 0.3 is 47.8 Å². The minimum atomic E-state index is -0.728. The SMILES string of the molecule is C.C=C(C)C(=O)OC1(C)C2CC3CC(C2)CC1C3.C=C(C)C(=O)OC1(CC)CCCCC1.C=C(C)C(=O)OC1(CC)CCCCCCC1.C=C(C)C(=O)OC12CC3CC(CC(O)(C3)C1)C2.C=C(C)C(=O)OC1C2CC3OC(=O)C1C3C2.C=C(C)C(=O)OC1CCOC1=O. The number of carbonyl (C=O) groups is 8. The monoisotopic (exact) mass is 1300 g/mol. The van der Waals surface area contributed by atoms with Crippen molar-refractivity contribution in [2.75, 3.05) is 6.61 Å². The molecule has 12 aliphatic carbocycles. The molecule has 0 aromatic rings. The number of hydrogen-bond donors (Lipinski definition) is 1. The number of rotatable bonds is 14. The predicted octanol–water partition coefficient (Wildman–Crippen LogP) is 14.8. The molecule has 0 radical (unpaired) electrons. The molecule has 8 unspecified atom stereocenters. The summed E-state index contributed by atoms with van der Waals surface area (Å²) >= 11 is 0. The van der Waals surface area contributed by atoms with Crippen molar-refractivity contribution in [2.24, 2.45) is 53.3 Å². The van der Waals surface area contributed by atoms with E-state index in [0.29, 0.717) is 76.9 Å². The van der Waals surface area contributed by atoms with Crippen molar-refractivity contribution in [3.63, 3.8) is 0 Å². The van der Waals surface area contributed by atoms with Crippen LogP contribution in [0, 0.1) is 53.3 Å². The van der Waals surface area contributed by atoms with Crippen molar-refractivity contribution in [1.82, 2.24) is 0 Å². The quantitative estimate of drug-likeness (QED) is 0.0968. The minimum absolute atomic E-state index is 0. The second-order valence-corrected chi connectivity index (χ2v) is 30.1. The average Bonchev–Trinajstić information content (AvgIpc) is 1.58. The molecule has 0 aromatic carbocycles. The van der Waals surface area contributed by atoms with Crippen LogP contribution in [0.3, 0.4) is 0 Å². The molecule has 2 saturated heterocycles. The van der Waals surface area contributed by atoms with Crippen molar-refractivity contribution in [3.05, 3.63) is 72.9 Å². The molecule has 0 aromatic heterocycles. The fourth-order valence-electron chi connectivity index (χ4n) is 17.6. The Balaban J connectivity index is 0.000000177. The number of carbonyl (C=O) groups excluding carboxylic acids is 8. The second kappa shape index (κ2) is 32.3. The zero-order valence-corrected chi connectivity index (χ0v) is 57.2. The van der Waals surface area contributed by atoms with Crippen LogP contribution in [0.25, 0.3) is 0 Å². The molecule has 10 bridgehead atoms. The van der Waals surface area contributed by atoms with Crippen molar-refractivity contribution in [2.45, 2.75) is 296 Å². The summed E-state index contributed by atoms with van der Waals surface area (Å²) in [4.78, 5) is 91.5. The zero-order chi connectivity index (χ0) is 67.7. The van der Waals surface area contributed by atoms with Gasteiger partial charge in [-0.15, -0.1) is 0 Å². The fraction of sp³-hybridized carbons (Fsp3) is 0.737. The third-order valence-electron chi connectivity index (χ3n) is 22.2. The standard InChI is InChI=1S/C15H22O2.C14H20O3.C14H24O2.C12H14O4.C12H20O2.C8H10O4.CH4/c1-9(2)14(16)17-15(3)12-5-10-4-11(7-12)8-13(15)6-10;1-9(2)12(15)17-14-6-10-3-11(7-14)5-13(16,4-10)8-14;1-4-14(16-13(15)12(2)3)10-8-6-5-7-9-11-14;1-5(2)11(13)16-10-6-3-7-8(4-6)15-12(14)9(7)10;1-4-12(8-6-5-7-9-12)14-11(13)10(2)3;1-5(2)7(9)12-6-3-4-11-8(6)10;/h10-13H,1,4-8H2,2-3H3;10-11,16H,1,3-8H2,2H3;2,4-11H2,1,3H3;6-10H,1,3-4H2,2H3;2,4-9H2,1,3H3;6H,1,3-4H2,2H3;1H4. The molecule has 0 amide bonds. The van der Waals surface area contributed by atoms with Gasteiger partial charge in [-0.05, 0) is 225 Å². The van der Waals surface area contributed by atoms with Crippen LogP contribution in [0.2, 0.25) is 0 Å². The molecule has 14 fully saturated rings. The second-order valence-electron chi connectivity index (χ2n) is 30.1. The van der Waals surface area contributed by atoms with Gasteiger partial charge in [0, 0.05) is 58.1 Å². The van der Waals surface area contributed by atoms with Crippen LogP contribution in [-0.2, 0) is 76.3 Å². The molecule has 1 N–H and O–H groups in total. The summed E-state index contributed by atoms with van der Waals surface area (Å²) in [5.41, 5.74) is 1.09. The summed E-state index contributed by atoms with van der Waals surface area (Å²) in [5, 5.41) is 10.5. The molecular formula is C76H114O17. The number of esters is 8. The molecule has 2 heterocycles. The molecule has 17 nitrogen and oxygen atoms in total. The first-order valence-corrected chi connectivity index (χ1v) is 34.6. The van der Waals surface area contributed by atoms with Crippen LogP contribution in [0.5, 0.6) is 0 Å². The van der Waals surface area contributed by atoms with Gasteiger partial charge in [0.2, 0.25) is 6.10 Å². The highest BCUT2D eigenvalue weighted by Crippen LogP contribution is 2.61. The Morgan fingerprint density at radius 3 is 1.33 bits per heavy atom. The summed E-state index contributed by atoms with van der Waals surface area (Å²) in [6, 6.07) is 0. The number of ether oxygens (including phenoxy) is 8. The maximum absolute atomic E-state index is 11.8. The third-order valence-corrected chi connectivity index (χ3v) is 22.2. The van der Waals surface area contributed by atoms with Gasteiger partial charge in [-0.1, -0.05) is 86.4 Å². The Bertz CT molecular complexity index is 2760. The molecule has 8 atom stereocenters. The highest BCUT2D eigenvalue weighted by atomic mass is 16.6. The summed E-state index contributed by atoms with van der Waals surface area (Å²) < 4.78 is 42.8.